The molecule has 126 valence electrons. The van der Waals surface area contributed by atoms with Gasteiger partial charge in [0.1, 0.15) is 5.69 Å². The van der Waals surface area contributed by atoms with E-state index in [9.17, 15) is 4.79 Å². The Bertz CT molecular complexity index is 726. The van der Waals surface area contributed by atoms with Crippen molar-refractivity contribution in [3.05, 3.63) is 42.0 Å². The van der Waals surface area contributed by atoms with Gasteiger partial charge < -0.3 is 14.2 Å². The molecule has 1 aliphatic carbocycles. The molecule has 1 saturated carbocycles. The Labute approximate surface area is 140 Å². The van der Waals surface area contributed by atoms with Gasteiger partial charge in [-0.3, -0.25) is 9.78 Å². The molecule has 1 amide bonds. The van der Waals surface area contributed by atoms with E-state index in [0.29, 0.717) is 25.4 Å². The molecule has 0 bridgehead atoms. The van der Waals surface area contributed by atoms with E-state index in [2.05, 4.69) is 15.0 Å². The summed E-state index contributed by atoms with van der Waals surface area (Å²) < 4.78 is 7.95. The highest BCUT2D eigenvalue weighted by atomic mass is 16.5. The number of hydrogen-bond donors (Lipinski definition) is 0. The molecule has 24 heavy (non-hydrogen) atoms. The first kappa shape index (κ1) is 15.3. The maximum absolute atomic E-state index is 12.7. The zero-order chi connectivity index (χ0) is 16.5. The quantitative estimate of drug-likeness (QED) is 0.829. The van der Waals surface area contributed by atoms with Crippen LogP contribution in [0.3, 0.4) is 0 Å². The highest BCUT2D eigenvalue weighted by Crippen LogP contribution is 2.31. The molecule has 7 heteroatoms. The number of rotatable bonds is 5. The summed E-state index contributed by atoms with van der Waals surface area (Å²) in [6, 6.07) is 0. The third kappa shape index (κ3) is 3.03. The van der Waals surface area contributed by atoms with Crippen LogP contribution in [0.1, 0.15) is 40.6 Å². The maximum atomic E-state index is 12.7. The van der Waals surface area contributed by atoms with Crippen LogP contribution in [0, 0.1) is 5.92 Å². The number of imidazole rings is 1. The minimum Gasteiger partial charge on any atom is -0.380 e. The van der Waals surface area contributed by atoms with Gasteiger partial charge in [0.05, 0.1) is 31.4 Å². The number of carbonyl (C=O) groups excluding carboxylic acids is 1. The molecule has 0 aromatic carbocycles. The standard InChI is InChI=1S/C17H21N5O2/c1-21-11-20-15-8-22(17(23)14-6-18-4-5-19-14)7-13(16(15)21)10-24-9-12-2-3-12/h4-6,11-13H,2-3,7-10H2,1H3. The van der Waals surface area contributed by atoms with E-state index in [1.807, 2.05) is 17.9 Å². The van der Waals surface area contributed by atoms with Crippen molar-refractivity contribution >= 4 is 5.91 Å². The number of hydrogen-bond acceptors (Lipinski definition) is 5. The molecule has 1 unspecified atom stereocenters. The van der Waals surface area contributed by atoms with Crippen LogP contribution < -0.4 is 0 Å². The van der Waals surface area contributed by atoms with E-state index < -0.39 is 0 Å². The summed E-state index contributed by atoms with van der Waals surface area (Å²) in [6.45, 7) is 2.56. The Kier molecular flexibility index (Phi) is 4.02. The van der Waals surface area contributed by atoms with Gasteiger partial charge in [0.2, 0.25) is 0 Å². The first-order chi connectivity index (χ1) is 11.7. The number of carbonyl (C=O) groups is 1. The van der Waals surface area contributed by atoms with Gasteiger partial charge in [-0.2, -0.15) is 0 Å². The summed E-state index contributed by atoms with van der Waals surface area (Å²) in [4.78, 5) is 27.1. The zero-order valence-electron chi connectivity index (χ0n) is 13.8. The van der Waals surface area contributed by atoms with Crippen LogP contribution in [0.2, 0.25) is 0 Å². The third-order valence-electron chi connectivity index (χ3n) is 4.67. The van der Waals surface area contributed by atoms with Crippen molar-refractivity contribution in [2.24, 2.45) is 13.0 Å². The predicted octanol–water partition coefficient (Wildman–Crippen LogP) is 1.38. The molecule has 3 heterocycles. The van der Waals surface area contributed by atoms with Crippen LogP contribution in [0.5, 0.6) is 0 Å². The Balaban J connectivity index is 1.52. The molecule has 2 aliphatic rings. The van der Waals surface area contributed by atoms with E-state index in [1.54, 1.807) is 17.3 Å². The van der Waals surface area contributed by atoms with Crippen molar-refractivity contribution < 1.29 is 9.53 Å². The van der Waals surface area contributed by atoms with Crippen LogP contribution in [0.4, 0.5) is 0 Å². The van der Waals surface area contributed by atoms with E-state index in [4.69, 9.17) is 4.74 Å². The average molecular weight is 327 g/mol. The molecule has 2 aromatic heterocycles. The molecule has 4 rings (SSSR count). The van der Waals surface area contributed by atoms with Crippen molar-refractivity contribution in [2.75, 3.05) is 19.8 Å². The zero-order valence-corrected chi connectivity index (χ0v) is 13.8. The summed E-state index contributed by atoms with van der Waals surface area (Å²) in [7, 11) is 2.00. The molecule has 1 fully saturated rings. The second-order valence-corrected chi connectivity index (χ2v) is 6.64. The minimum absolute atomic E-state index is 0.105. The van der Waals surface area contributed by atoms with Crippen molar-refractivity contribution in [1.29, 1.82) is 0 Å². The lowest BCUT2D eigenvalue weighted by Crippen LogP contribution is -2.40. The van der Waals surface area contributed by atoms with Crippen molar-refractivity contribution in [1.82, 2.24) is 24.4 Å². The lowest BCUT2D eigenvalue weighted by atomic mass is 9.98. The summed E-state index contributed by atoms with van der Waals surface area (Å²) in [6.07, 6.45) is 8.99. The van der Waals surface area contributed by atoms with Gasteiger partial charge in [0.15, 0.2) is 0 Å². The van der Waals surface area contributed by atoms with Gasteiger partial charge in [0.25, 0.3) is 5.91 Å². The SMILES string of the molecule is Cn1cnc2c1C(COCC1CC1)CN(C(=O)c1cnccn1)C2. The second-order valence-electron chi connectivity index (χ2n) is 6.64. The highest BCUT2D eigenvalue weighted by molar-refractivity contribution is 5.92. The van der Waals surface area contributed by atoms with E-state index >= 15 is 0 Å². The van der Waals surface area contributed by atoms with Gasteiger partial charge in [-0.15, -0.1) is 0 Å². The van der Waals surface area contributed by atoms with Crippen LogP contribution >= 0.6 is 0 Å². The largest absolute Gasteiger partial charge is 0.380 e. The Morgan fingerprint density at radius 1 is 1.29 bits per heavy atom. The monoisotopic (exact) mass is 327 g/mol. The van der Waals surface area contributed by atoms with Crippen molar-refractivity contribution in [3.63, 3.8) is 0 Å². The third-order valence-corrected chi connectivity index (χ3v) is 4.67. The van der Waals surface area contributed by atoms with Gasteiger partial charge in [-0.1, -0.05) is 0 Å². The van der Waals surface area contributed by atoms with Gasteiger partial charge in [-0.05, 0) is 18.8 Å². The molecule has 0 saturated heterocycles. The Morgan fingerprint density at radius 3 is 2.92 bits per heavy atom. The van der Waals surface area contributed by atoms with Crippen LogP contribution in [0.25, 0.3) is 0 Å². The van der Waals surface area contributed by atoms with Crippen LogP contribution in [0.15, 0.2) is 24.9 Å². The first-order valence-electron chi connectivity index (χ1n) is 8.35. The average Bonchev–Trinajstić information content (AvgIpc) is 3.36. The van der Waals surface area contributed by atoms with Gasteiger partial charge >= 0.3 is 0 Å². The van der Waals surface area contributed by atoms with Crippen LogP contribution in [-0.2, 0) is 18.3 Å². The molecule has 2 aromatic rings. The minimum atomic E-state index is -0.105. The smallest absolute Gasteiger partial charge is 0.274 e. The second kappa shape index (κ2) is 6.32. The summed E-state index contributed by atoms with van der Waals surface area (Å²) in [5.41, 5.74) is 2.49. The molecule has 1 atom stereocenters. The fraction of sp³-hybridized carbons (Fsp3) is 0.529. The molecule has 0 N–H and O–H groups in total. The molecule has 0 spiro atoms. The maximum Gasteiger partial charge on any atom is 0.274 e. The predicted molar refractivity (Wildman–Crippen MR) is 86.3 cm³/mol. The summed E-state index contributed by atoms with van der Waals surface area (Å²) in [5, 5.41) is 0. The van der Waals surface area contributed by atoms with Crippen molar-refractivity contribution in [2.45, 2.75) is 25.3 Å². The van der Waals surface area contributed by atoms with Crippen molar-refractivity contribution in [3.8, 4) is 0 Å². The molecule has 7 nitrogen and oxygen atoms in total. The molecular formula is C17H21N5O2. The number of ether oxygens (including phenoxy) is 1. The van der Waals surface area contributed by atoms with Gasteiger partial charge in [0, 0.05) is 44.2 Å². The lowest BCUT2D eigenvalue weighted by molar-refractivity contribution is 0.0613. The first-order valence-corrected chi connectivity index (χ1v) is 8.35. The van der Waals surface area contributed by atoms with E-state index in [1.165, 1.54) is 24.7 Å². The fourth-order valence-corrected chi connectivity index (χ4v) is 3.25. The molecule has 1 aliphatic heterocycles. The topological polar surface area (TPSA) is 73.1 Å². The number of amides is 1. The normalized spacial score (nSPS) is 20.0. The number of fused-ring (bicyclic) bond motifs is 1. The number of aryl methyl sites for hydroxylation is 1. The molecular weight excluding hydrogens is 306 g/mol. The van der Waals surface area contributed by atoms with E-state index in [-0.39, 0.29) is 11.8 Å². The van der Waals surface area contributed by atoms with Crippen LogP contribution in [-0.4, -0.2) is 50.1 Å². The fourth-order valence-electron chi connectivity index (χ4n) is 3.25. The Morgan fingerprint density at radius 2 is 2.17 bits per heavy atom. The summed E-state index contributed by atoms with van der Waals surface area (Å²) >= 11 is 0. The lowest BCUT2D eigenvalue weighted by Gasteiger charge is -2.32. The Hall–Kier alpha value is -2.28. The van der Waals surface area contributed by atoms with E-state index in [0.717, 1.165) is 18.2 Å². The summed E-state index contributed by atoms with van der Waals surface area (Å²) in [5.74, 6) is 0.768. The molecule has 0 radical (unpaired) electrons. The number of nitrogens with zero attached hydrogens (tertiary/aromatic N) is 5. The van der Waals surface area contributed by atoms with Gasteiger partial charge in [-0.25, -0.2) is 9.97 Å². The number of aromatic nitrogens is 4. The highest BCUT2D eigenvalue weighted by Gasteiger charge is 2.33.